The van der Waals surface area contributed by atoms with Crippen molar-refractivity contribution in [2.45, 2.75) is 4.90 Å². The van der Waals surface area contributed by atoms with Crippen LogP contribution in [-0.2, 0) is 14.8 Å². The normalized spacial score (nSPS) is 15.8. The van der Waals surface area contributed by atoms with Crippen LogP contribution in [-0.4, -0.2) is 48.8 Å². The van der Waals surface area contributed by atoms with E-state index in [0.29, 0.717) is 32.0 Å². The van der Waals surface area contributed by atoms with Crippen molar-refractivity contribution in [2.75, 3.05) is 26.3 Å². The third-order valence-corrected chi connectivity index (χ3v) is 6.20. The molecule has 0 amide bonds. The van der Waals surface area contributed by atoms with Gasteiger partial charge in [0, 0.05) is 30.9 Å². The molecule has 1 aliphatic heterocycles. The summed E-state index contributed by atoms with van der Waals surface area (Å²) >= 11 is 0. The summed E-state index contributed by atoms with van der Waals surface area (Å²) in [6.07, 6.45) is 1.77. The molecule has 1 aliphatic rings. The highest BCUT2D eigenvalue weighted by Gasteiger charge is 2.26. The monoisotopic (exact) mass is 368 g/mol. The SMILES string of the molecule is O=S(=O)(c1ccc(-c2[c]cn(-c3ccccc3)n2)cc1)N1CCOCC1. The Labute approximate surface area is 152 Å². The molecule has 7 heteroatoms. The number of hydrogen-bond acceptors (Lipinski definition) is 4. The first-order chi connectivity index (χ1) is 12.6. The number of sulfonamides is 1. The van der Waals surface area contributed by atoms with Gasteiger partial charge in [-0.1, -0.05) is 30.3 Å². The summed E-state index contributed by atoms with van der Waals surface area (Å²) in [5.74, 6) is 0. The van der Waals surface area contributed by atoms with Gasteiger partial charge in [-0.3, -0.25) is 0 Å². The van der Waals surface area contributed by atoms with Crippen molar-refractivity contribution >= 4 is 10.0 Å². The predicted octanol–water partition coefficient (Wildman–Crippen LogP) is 2.36. The third kappa shape index (κ3) is 3.29. The molecule has 26 heavy (non-hydrogen) atoms. The minimum absolute atomic E-state index is 0.283. The lowest BCUT2D eigenvalue weighted by Crippen LogP contribution is -2.40. The Balaban J connectivity index is 1.57. The summed E-state index contributed by atoms with van der Waals surface area (Å²) in [7, 11) is -3.48. The first kappa shape index (κ1) is 17.0. The van der Waals surface area contributed by atoms with Gasteiger partial charge in [0.1, 0.15) is 5.69 Å². The Morgan fingerprint density at radius 3 is 2.35 bits per heavy atom. The van der Waals surface area contributed by atoms with Crippen LogP contribution in [0.4, 0.5) is 0 Å². The van der Waals surface area contributed by atoms with Crippen molar-refractivity contribution in [3.8, 4) is 16.9 Å². The average molecular weight is 368 g/mol. The van der Waals surface area contributed by atoms with E-state index in [-0.39, 0.29) is 4.90 Å². The molecule has 0 unspecified atom stereocenters. The Hall–Kier alpha value is -2.48. The molecule has 1 saturated heterocycles. The number of para-hydroxylation sites is 1. The first-order valence-corrected chi connectivity index (χ1v) is 9.80. The average Bonchev–Trinajstić information content (AvgIpc) is 3.20. The molecule has 2 aromatic carbocycles. The van der Waals surface area contributed by atoms with Crippen LogP contribution < -0.4 is 0 Å². The molecule has 0 spiro atoms. The van der Waals surface area contributed by atoms with Crippen LogP contribution in [0, 0.1) is 6.07 Å². The van der Waals surface area contributed by atoms with Gasteiger partial charge < -0.3 is 4.74 Å². The Bertz CT molecular complexity index is 976. The van der Waals surface area contributed by atoms with E-state index in [9.17, 15) is 8.42 Å². The van der Waals surface area contributed by atoms with E-state index >= 15 is 0 Å². The largest absolute Gasteiger partial charge is 0.379 e. The van der Waals surface area contributed by atoms with Crippen LogP contribution in [0.25, 0.3) is 16.9 Å². The van der Waals surface area contributed by atoms with Crippen molar-refractivity contribution in [3.05, 3.63) is 66.9 Å². The first-order valence-electron chi connectivity index (χ1n) is 8.36. The Morgan fingerprint density at radius 1 is 0.962 bits per heavy atom. The zero-order valence-corrected chi connectivity index (χ0v) is 14.9. The van der Waals surface area contributed by atoms with E-state index in [1.807, 2.05) is 30.3 Å². The summed E-state index contributed by atoms with van der Waals surface area (Å²) in [6.45, 7) is 1.64. The van der Waals surface area contributed by atoms with Crippen molar-refractivity contribution in [1.82, 2.24) is 14.1 Å². The second-order valence-electron chi connectivity index (χ2n) is 5.94. The molecule has 0 atom stereocenters. The smallest absolute Gasteiger partial charge is 0.243 e. The lowest BCUT2D eigenvalue weighted by molar-refractivity contribution is 0.0730. The molecule has 2 heterocycles. The number of benzene rings is 2. The highest BCUT2D eigenvalue weighted by atomic mass is 32.2. The summed E-state index contributed by atoms with van der Waals surface area (Å²) < 4.78 is 33.8. The zero-order chi connectivity index (χ0) is 18.0. The second-order valence-corrected chi connectivity index (χ2v) is 7.88. The highest BCUT2D eigenvalue weighted by Crippen LogP contribution is 2.22. The summed E-state index contributed by atoms with van der Waals surface area (Å²) in [5, 5.41) is 4.52. The van der Waals surface area contributed by atoms with Gasteiger partial charge in [-0.2, -0.15) is 9.40 Å². The molecule has 0 bridgehead atoms. The van der Waals surface area contributed by atoms with E-state index in [1.54, 1.807) is 35.1 Å². The zero-order valence-electron chi connectivity index (χ0n) is 14.1. The van der Waals surface area contributed by atoms with Crippen LogP contribution in [0.15, 0.2) is 65.7 Å². The summed E-state index contributed by atoms with van der Waals surface area (Å²) in [6, 6.07) is 19.7. The van der Waals surface area contributed by atoms with Gasteiger partial charge in [0.05, 0.1) is 23.8 Å². The van der Waals surface area contributed by atoms with Crippen molar-refractivity contribution in [1.29, 1.82) is 0 Å². The number of nitrogens with zero attached hydrogens (tertiary/aromatic N) is 3. The summed E-state index contributed by atoms with van der Waals surface area (Å²) in [5.41, 5.74) is 2.44. The second kappa shape index (κ2) is 7.03. The molecular weight excluding hydrogens is 350 g/mol. The molecule has 1 aromatic heterocycles. The van der Waals surface area contributed by atoms with Crippen LogP contribution in [0.2, 0.25) is 0 Å². The van der Waals surface area contributed by atoms with Gasteiger partial charge in [-0.25, -0.2) is 13.1 Å². The number of rotatable bonds is 4. The minimum atomic E-state index is -3.48. The number of morpholine rings is 1. The molecule has 3 aromatic rings. The molecule has 133 valence electrons. The molecule has 1 fully saturated rings. The molecule has 4 rings (SSSR count). The Morgan fingerprint density at radius 2 is 1.65 bits per heavy atom. The third-order valence-electron chi connectivity index (χ3n) is 4.29. The van der Waals surface area contributed by atoms with Crippen molar-refractivity contribution in [2.24, 2.45) is 0 Å². The lowest BCUT2D eigenvalue weighted by atomic mass is 10.2. The summed E-state index contributed by atoms with van der Waals surface area (Å²) in [4.78, 5) is 0.283. The van der Waals surface area contributed by atoms with Crippen LogP contribution in [0.3, 0.4) is 0 Å². The number of ether oxygens (including phenoxy) is 1. The number of aromatic nitrogens is 2. The molecular formula is C19H18N3O3S. The van der Waals surface area contributed by atoms with Gasteiger partial charge in [0.2, 0.25) is 10.0 Å². The van der Waals surface area contributed by atoms with Gasteiger partial charge >= 0.3 is 0 Å². The fourth-order valence-electron chi connectivity index (χ4n) is 2.86. The molecule has 0 aliphatic carbocycles. The molecule has 1 radical (unpaired) electrons. The van der Waals surface area contributed by atoms with Gasteiger partial charge in [-0.05, 0) is 24.3 Å². The van der Waals surface area contributed by atoms with E-state index < -0.39 is 10.0 Å². The molecule has 0 N–H and O–H groups in total. The fourth-order valence-corrected chi connectivity index (χ4v) is 4.27. The lowest BCUT2D eigenvalue weighted by Gasteiger charge is -2.26. The maximum absolute atomic E-state index is 12.7. The van der Waals surface area contributed by atoms with E-state index in [0.717, 1.165) is 11.3 Å². The standard InChI is InChI=1S/C19H18N3O3S/c23-26(24,21-12-14-25-15-13-21)18-8-6-16(7-9-18)19-10-11-22(20-19)17-4-2-1-3-5-17/h1-9,11H,12-15H2. The maximum atomic E-state index is 12.7. The molecule has 6 nitrogen and oxygen atoms in total. The quantitative estimate of drug-likeness (QED) is 0.709. The minimum Gasteiger partial charge on any atom is -0.379 e. The highest BCUT2D eigenvalue weighted by molar-refractivity contribution is 7.89. The molecule has 0 saturated carbocycles. The predicted molar refractivity (Wildman–Crippen MR) is 97.4 cm³/mol. The van der Waals surface area contributed by atoms with Crippen molar-refractivity contribution < 1.29 is 13.2 Å². The van der Waals surface area contributed by atoms with Gasteiger partial charge in [0.15, 0.2) is 0 Å². The maximum Gasteiger partial charge on any atom is 0.243 e. The topological polar surface area (TPSA) is 64.4 Å². The van der Waals surface area contributed by atoms with E-state index in [1.165, 1.54) is 4.31 Å². The fraction of sp³-hybridized carbons (Fsp3) is 0.211. The van der Waals surface area contributed by atoms with Gasteiger partial charge in [0.25, 0.3) is 0 Å². The van der Waals surface area contributed by atoms with Crippen molar-refractivity contribution in [3.63, 3.8) is 0 Å². The van der Waals surface area contributed by atoms with Crippen LogP contribution in [0.1, 0.15) is 0 Å². The van der Waals surface area contributed by atoms with Crippen LogP contribution >= 0.6 is 0 Å². The number of hydrogen-bond donors (Lipinski definition) is 0. The van der Waals surface area contributed by atoms with E-state index in [2.05, 4.69) is 11.2 Å². The van der Waals surface area contributed by atoms with E-state index in [4.69, 9.17) is 4.74 Å². The Kier molecular flexibility index (Phi) is 4.58. The van der Waals surface area contributed by atoms with Gasteiger partial charge in [-0.15, -0.1) is 0 Å². The van der Waals surface area contributed by atoms with Crippen LogP contribution in [0.5, 0.6) is 0 Å².